The number of carbonyl (C=O) groups is 2. The highest BCUT2D eigenvalue weighted by Gasteiger charge is 2.27. The van der Waals surface area contributed by atoms with Gasteiger partial charge in [-0.25, -0.2) is 4.79 Å². The highest BCUT2D eigenvalue weighted by molar-refractivity contribution is 7.12. The van der Waals surface area contributed by atoms with Crippen LogP contribution in [0.2, 0.25) is 0 Å². The molecule has 0 saturated carbocycles. The maximum Gasteiger partial charge on any atom is 0.350 e. The Labute approximate surface area is 131 Å². The van der Waals surface area contributed by atoms with Gasteiger partial charge in [0.2, 0.25) is 0 Å². The summed E-state index contributed by atoms with van der Waals surface area (Å²) in [5.74, 6) is 0.468. The van der Waals surface area contributed by atoms with Gasteiger partial charge in [0.15, 0.2) is 5.69 Å². The van der Waals surface area contributed by atoms with Crippen LogP contribution < -0.4 is 5.32 Å². The van der Waals surface area contributed by atoms with Gasteiger partial charge in [0, 0.05) is 12.0 Å². The molecule has 0 aromatic carbocycles. The molecule has 3 rings (SSSR count). The van der Waals surface area contributed by atoms with Crippen molar-refractivity contribution in [3.8, 4) is 0 Å². The number of hydrogen-bond donors (Lipinski definition) is 1. The van der Waals surface area contributed by atoms with Gasteiger partial charge in [-0.15, -0.1) is 11.3 Å². The van der Waals surface area contributed by atoms with Gasteiger partial charge in [-0.05, 0) is 30.2 Å². The van der Waals surface area contributed by atoms with Gasteiger partial charge in [0.05, 0.1) is 12.8 Å². The molecule has 1 unspecified atom stereocenters. The molecule has 116 valence electrons. The zero-order chi connectivity index (χ0) is 15.7. The fourth-order valence-electron chi connectivity index (χ4n) is 2.60. The lowest BCUT2D eigenvalue weighted by Gasteiger charge is -2.16. The number of fused-ring (bicyclic) bond motifs is 1. The summed E-state index contributed by atoms with van der Waals surface area (Å²) in [5, 5.41) is 8.35. The Morgan fingerprint density at radius 1 is 1.50 bits per heavy atom. The standard InChI is InChI=1S/C15H16N2O4S/c1-8-3-4-11-9(7-8)12(17-21-11)14(18)16-10-5-6-22-13(10)15(19)20-2/h5-6,8H,3-4,7H2,1-2H3,(H,16,18). The van der Waals surface area contributed by atoms with Crippen molar-refractivity contribution in [1.29, 1.82) is 0 Å². The minimum absolute atomic E-state index is 0.309. The average Bonchev–Trinajstić information content (AvgIpc) is 3.12. The number of ether oxygens (including phenoxy) is 1. The molecule has 1 aliphatic carbocycles. The van der Waals surface area contributed by atoms with Crippen LogP contribution in [0.4, 0.5) is 5.69 Å². The molecular formula is C15H16N2O4S. The van der Waals surface area contributed by atoms with Crippen molar-refractivity contribution in [3.05, 3.63) is 33.3 Å². The molecule has 0 aliphatic heterocycles. The van der Waals surface area contributed by atoms with Crippen LogP contribution in [0, 0.1) is 5.92 Å². The van der Waals surface area contributed by atoms with E-state index in [0.29, 0.717) is 22.2 Å². The second kappa shape index (κ2) is 5.92. The zero-order valence-corrected chi connectivity index (χ0v) is 13.2. The molecule has 0 radical (unpaired) electrons. The molecular weight excluding hydrogens is 304 g/mol. The zero-order valence-electron chi connectivity index (χ0n) is 12.3. The van der Waals surface area contributed by atoms with E-state index >= 15 is 0 Å². The molecule has 6 nitrogen and oxygen atoms in total. The summed E-state index contributed by atoms with van der Waals surface area (Å²) in [6.07, 6.45) is 2.64. The van der Waals surface area contributed by atoms with Crippen LogP contribution in [-0.4, -0.2) is 24.1 Å². The molecule has 1 amide bonds. The summed E-state index contributed by atoms with van der Waals surface area (Å²) in [6.45, 7) is 2.14. The molecule has 0 spiro atoms. The lowest BCUT2D eigenvalue weighted by molar-refractivity contribution is 0.0607. The highest BCUT2D eigenvalue weighted by atomic mass is 32.1. The second-order valence-corrected chi connectivity index (χ2v) is 6.31. The Hall–Kier alpha value is -2.15. The maximum atomic E-state index is 12.4. The number of nitrogens with zero attached hydrogens (tertiary/aromatic N) is 1. The summed E-state index contributed by atoms with van der Waals surface area (Å²) < 4.78 is 9.97. The van der Waals surface area contributed by atoms with Gasteiger partial charge in [0.25, 0.3) is 5.91 Å². The number of anilines is 1. The topological polar surface area (TPSA) is 81.4 Å². The molecule has 2 aromatic rings. The third kappa shape index (κ3) is 2.64. The van der Waals surface area contributed by atoms with Crippen molar-refractivity contribution in [1.82, 2.24) is 5.16 Å². The molecule has 2 aromatic heterocycles. The number of rotatable bonds is 3. The fourth-order valence-corrected chi connectivity index (χ4v) is 3.36. The molecule has 0 fully saturated rings. The van der Waals surface area contributed by atoms with Crippen molar-refractivity contribution in [2.24, 2.45) is 5.92 Å². The van der Waals surface area contributed by atoms with Gasteiger partial charge >= 0.3 is 5.97 Å². The Bertz CT molecular complexity index is 719. The van der Waals surface area contributed by atoms with Gasteiger partial charge in [-0.3, -0.25) is 4.79 Å². The minimum atomic E-state index is -0.471. The smallest absolute Gasteiger partial charge is 0.350 e. The molecule has 1 aliphatic rings. The number of amides is 1. The number of methoxy groups -OCH3 is 1. The molecule has 2 heterocycles. The Kier molecular flexibility index (Phi) is 3.98. The molecule has 1 atom stereocenters. The summed E-state index contributed by atoms with van der Waals surface area (Å²) in [6, 6.07) is 1.67. The largest absolute Gasteiger partial charge is 0.465 e. The lowest BCUT2D eigenvalue weighted by Crippen LogP contribution is -2.18. The maximum absolute atomic E-state index is 12.4. The Morgan fingerprint density at radius 2 is 2.32 bits per heavy atom. The van der Waals surface area contributed by atoms with Crippen LogP contribution in [0.1, 0.15) is 44.8 Å². The predicted molar refractivity (Wildman–Crippen MR) is 81.3 cm³/mol. The first kappa shape index (κ1) is 14.8. The first-order chi connectivity index (χ1) is 10.6. The van der Waals surface area contributed by atoms with Crippen LogP contribution in [0.15, 0.2) is 16.0 Å². The molecule has 0 bridgehead atoms. The van der Waals surface area contributed by atoms with Gasteiger partial charge in [-0.2, -0.15) is 0 Å². The Balaban J connectivity index is 1.83. The molecule has 1 N–H and O–H groups in total. The number of esters is 1. The number of nitrogens with one attached hydrogen (secondary N) is 1. The van der Waals surface area contributed by atoms with Gasteiger partial charge in [0.1, 0.15) is 10.6 Å². The summed E-state index contributed by atoms with van der Waals surface area (Å²) in [4.78, 5) is 24.4. The minimum Gasteiger partial charge on any atom is -0.465 e. The predicted octanol–water partition coefficient (Wildman–Crippen LogP) is 2.90. The van der Waals surface area contributed by atoms with E-state index in [2.05, 4.69) is 17.4 Å². The van der Waals surface area contributed by atoms with Crippen molar-refractivity contribution in [3.63, 3.8) is 0 Å². The number of thiophene rings is 1. The van der Waals surface area contributed by atoms with E-state index in [4.69, 9.17) is 9.26 Å². The van der Waals surface area contributed by atoms with Gasteiger partial charge in [-0.1, -0.05) is 12.1 Å². The third-order valence-corrected chi connectivity index (χ3v) is 4.68. The highest BCUT2D eigenvalue weighted by Crippen LogP contribution is 2.29. The van der Waals surface area contributed by atoms with E-state index in [1.165, 1.54) is 18.4 Å². The fraction of sp³-hybridized carbons (Fsp3) is 0.400. The molecule has 0 saturated heterocycles. The first-order valence-electron chi connectivity index (χ1n) is 7.04. The third-order valence-electron chi connectivity index (χ3n) is 3.79. The molecule has 7 heteroatoms. The van der Waals surface area contributed by atoms with E-state index in [0.717, 1.165) is 30.6 Å². The van der Waals surface area contributed by atoms with Crippen molar-refractivity contribution in [2.45, 2.75) is 26.2 Å². The number of carbonyl (C=O) groups excluding carboxylic acids is 2. The normalized spacial score (nSPS) is 16.9. The van der Waals surface area contributed by atoms with Crippen LogP contribution >= 0.6 is 11.3 Å². The number of hydrogen-bond acceptors (Lipinski definition) is 6. The van der Waals surface area contributed by atoms with E-state index in [9.17, 15) is 9.59 Å². The molecule has 22 heavy (non-hydrogen) atoms. The summed E-state index contributed by atoms with van der Waals surface area (Å²) in [5.41, 5.74) is 1.62. The van der Waals surface area contributed by atoms with Crippen LogP contribution in [0.25, 0.3) is 0 Å². The quantitative estimate of drug-likeness (QED) is 0.879. The van der Waals surface area contributed by atoms with Gasteiger partial charge < -0.3 is 14.6 Å². The number of aromatic nitrogens is 1. The van der Waals surface area contributed by atoms with Crippen LogP contribution in [0.5, 0.6) is 0 Å². The van der Waals surface area contributed by atoms with E-state index in [1.54, 1.807) is 11.4 Å². The number of aryl methyl sites for hydroxylation is 1. The van der Waals surface area contributed by atoms with Crippen molar-refractivity contribution >= 4 is 28.9 Å². The SMILES string of the molecule is COC(=O)c1sccc1NC(=O)c1noc2c1CC(C)CC2. The summed E-state index contributed by atoms with van der Waals surface area (Å²) in [7, 11) is 1.31. The van der Waals surface area contributed by atoms with Crippen LogP contribution in [-0.2, 0) is 17.6 Å². The average molecular weight is 320 g/mol. The van der Waals surface area contributed by atoms with E-state index in [1.807, 2.05) is 0 Å². The van der Waals surface area contributed by atoms with Crippen molar-refractivity contribution in [2.75, 3.05) is 12.4 Å². The monoisotopic (exact) mass is 320 g/mol. The second-order valence-electron chi connectivity index (χ2n) is 5.39. The Morgan fingerprint density at radius 3 is 3.09 bits per heavy atom. The summed E-state index contributed by atoms with van der Waals surface area (Å²) >= 11 is 1.22. The van der Waals surface area contributed by atoms with E-state index < -0.39 is 5.97 Å². The van der Waals surface area contributed by atoms with E-state index in [-0.39, 0.29) is 5.91 Å². The van der Waals surface area contributed by atoms with Crippen LogP contribution in [0.3, 0.4) is 0 Å². The lowest BCUT2D eigenvalue weighted by atomic mass is 9.88. The first-order valence-corrected chi connectivity index (χ1v) is 7.92. The van der Waals surface area contributed by atoms with Crippen molar-refractivity contribution < 1.29 is 18.8 Å².